The number of rotatable bonds is 4. The molecule has 1 saturated heterocycles. The number of anilines is 1. The molecule has 0 aromatic heterocycles. The standard InChI is InChI=1S/C16H24N2O4S2/c19-23(20)13-5-4-12-18(23)15-8-10-16(11-9-15)24(21,22)17-14-6-2-1-3-7-14/h8-11,14,17H,1-7,12-13H2. The zero-order chi connectivity index (χ0) is 17.2. The summed E-state index contributed by atoms with van der Waals surface area (Å²) in [5.74, 6) is 0.149. The maximum Gasteiger partial charge on any atom is 0.240 e. The molecule has 1 aliphatic heterocycles. The number of nitrogens with zero attached hydrogens (tertiary/aromatic N) is 1. The first kappa shape index (κ1) is 17.7. The van der Waals surface area contributed by atoms with Crippen LogP contribution in [0.3, 0.4) is 0 Å². The summed E-state index contributed by atoms with van der Waals surface area (Å²) >= 11 is 0. The lowest BCUT2D eigenvalue weighted by Crippen LogP contribution is -2.38. The molecule has 1 heterocycles. The van der Waals surface area contributed by atoms with E-state index in [0.717, 1.165) is 38.5 Å². The maximum absolute atomic E-state index is 12.5. The largest absolute Gasteiger partial charge is 0.270 e. The van der Waals surface area contributed by atoms with E-state index in [4.69, 9.17) is 0 Å². The van der Waals surface area contributed by atoms with E-state index in [0.29, 0.717) is 18.7 Å². The minimum absolute atomic E-state index is 0.00546. The average Bonchev–Trinajstić information content (AvgIpc) is 2.55. The predicted octanol–water partition coefficient (Wildman–Crippen LogP) is 2.23. The van der Waals surface area contributed by atoms with E-state index in [2.05, 4.69) is 4.72 Å². The van der Waals surface area contributed by atoms with Crippen LogP contribution in [0.25, 0.3) is 0 Å². The van der Waals surface area contributed by atoms with E-state index >= 15 is 0 Å². The van der Waals surface area contributed by atoms with Crippen LogP contribution in [-0.4, -0.2) is 35.2 Å². The van der Waals surface area contributed by atoms with Crippen LogP contribution in [0.15, 0.2) is 29.2 Å². The van der Waals surface area contributed by atoms with Gasteiger partial charge in [-0.25, -0.2) is 21.6 Å². The normalized spacial score (nSPS) is 22.4. The van der Waals surface area contributed by atoms with Gasteiger partial charge in [-0.1, -0.05) is 19.3 Å². The Balaban J connectivity index is 1.76. The van der Waals surface area contributed by atoms with Crippen molar-refractivity contribution in [2.75, 3.05) is 16.6 Å². The summed E-state index contributed by atoms with van der Waals surface area (Å²) in [6.07, 6.45) is 6.53. The molecular weight excluding hydrogens is 348 g/mol. The van der Waals surface area contributed by atoms with Crippen LogP contribution in [0.4, 0.5) is 5.69 Å². The molecule has 3 rings (SSSR count). The summed E-state index contributed by atoms with van der Waals surface area (Å²) in [6.45, 7) is 0.453. The van der Waals surface area contributed by atoms with Crippen molar-refractivity contribution < 1.29 is 16.8 Å². The second kappa shape index (κ2) is 7.01. The van der Waals surface area contributed by atoms with Crippen molar-refractivity contribution in [3.05, 3.63) is 24.3 Å². The molecule has 6 nitrogen and oxygen atoms in total. The highest BCUT2D eigenvalue weighted by Gasteiger charge is 2.27. The molecule has 2 fully saturated rings. The smallest absolute Gasteiger partial charge is 0.240 e. The summed E-state index contributed by atoms with van der Waals surface area (Å²) in [4.78, 5) is 0.186. The zero-order valence-electron chi connectivity index (χ0n) is 13.6. The molecule has 0 bridgehead atoms. The number of sulfonamides is 2. The van der Waals surface area contributed by atoms with E-state index in [9.17, 15) is 16.8 Å². The molecule has 134 valence electrons. The predicted molar refractivity (Wildman–Crippen MR) is 94.0 cm³/mol. The van der Waals surface area contributed by atoms with Gasteiger partial charge < -0.3 is 0 Å². The lowest BCUT2D eigenvalue weighted by Gasteiger charge is -2.28. The third-order valence-electron chi connectivity index (χ3n) is 4.71. The molecule has 0 radical (unpaired) electrons. The molecule has 0 unspecified atom stereocenters. The van der Waals surface area contributed by atoms with Gasteiger partial charge in [-0.15, -0.1) is 0 Å². The monoisotopic (exact) mass is 372 g/mol. The first-order chi connectivity index (χ1) is 11.4. The summed E-state index contributed by atoms with van der Waals surface area (Å²) in [5, 5.41) is 0. The van der Waals surface area contributed by atoms with Crippen LogP contribution >= 0.6 is 0 Å². The minimum atomic E-state index is -3.55. The van der Waals surface area contributed by atoms with Gasteiger partial charge in [0.25, 0.3) is 0 Å². The Bertz CT molecular complexity index is 767. The van der Waals surface area contributed by atoms with Gasteiger partial charge in [0.2, 0.25) is 20.0 Å². The number of benzene rings is 1. The number of nitrogens with one attached hydrogen (secondary N) is 1. The Morgan fingerprint density at radius 2 is 1.62 bits per heavy atom. The van der Waals surface area contributed by atoms with E-state index in [1.54, 1.807) is 12.1 Å². The molecule has 0 amide bonds. The van der Waals surface area contributed by atoms with Crippen LogP contribution in [0.1, 0.15) is 44.9 Å². The first-order valence-corrected chi connectivity index (χ1v) is 11.6. The summed E-state index contributed by atoms with van der Waals surface area (Å²) in [6, 6.07) is 6.15. The van der Waals surface area contributed by atoms with Crippen molar-refractivity contribution in [1.82, 2.24) is 4.72 Å². The van der Waals surface area contributed by atoms with Crippen molar-refractivity contribution in [2.24, 2.45) is 0 Å². The van der Waals surface area contributed by atoms with Gasteiger partial charge in [0.15, 0.2) is 0 Å². The Labute approximate surface area is 144 Å². The summed E-state index contributed by atoms with van der Waals surface area (Å²) in [5.41, 5.74) is 0.534. The van der Waals surface area contributed by atoms with Crippen molar-refractivity contribution in [3.8, 4) is 0 Å². The molecule has 0 spiro atoms. The molecule has 1 aromatic carbocycles. The van der Waals surface area contributed by atoms with Crippen LogP contribution in [0.5, 0.6) is 0 Å². The molecule has 1 aromatic rings. The second-order valence-corrected chi connectivity index (χ2v) is 10.3. The van der Waals surface area contributed by atoms with E-state index in [1.807, 2.05) is 0 Å². The SMILES string of the molecule is O=S(=O)(NC1CCCCC1)c1ccc(N2CCCCS2(=O)=O)cc1. The van der Waals surface area contributed by atoms with Gasteiger partial charge >= 0.3 is 0 Å². The fourth-order valence-electron chi connectivity index (χ4n) is 3.38. The average molecular weight is 373 g/mol. The topological polar surface area (TPSA) is 83.6 Å². The van der Waals surface area contributed by atoms with E-state index in [1.165, 1.54) is 16.4 Å². The summed E-state index contributed by atoms with van der Waals surface area (Å²) in [7, 11) is -6.83. The maximum atomic E-state index is 12.5. The van der Waals surface area contributed by atoms with Crippen molar-refractivity contribution in [3.63, 3.8) is 0 Å². The molecule has 0 atom stereocenters. The van der Waals surface area contributed by atoms with Crippen molar-refractivity contribution >= 4 is 25.7 Å². The third kappa shape index (κ3) is 3.92. The Kier molecular flexibility index (Phi) is 5.17. The fourth-order valence-corrected chi connectivity index (χ4v) is 6.32. The van der Waals surface area contributed by atoms with Gasteiger partial charge in [-0.05, 0) is 49.9 Å². The van der Waals surface area contributed by atoms with Crippen molar-refractivity contribution in [1.29, 1.82) is 0 Å². The van der Waals surface area contributed by atoms with Crippen LogP contribution in [-0.2, 0) is 20.0 Å². The lowest BCUT2D eigenvalue weighted by molar-refractivity contribution is 0.412. The molecule has 1 N–H and O–H groups in total. The van der Waals surface area contributed by atoms with E-state index in [-0.39, 0.29) is 16.7 Å². The van der Waals surface area contributed by atoms with E-state index < -0.39 is 20.0 Å². The quantitative estimate of drug-likeness (QED) is 0.878. The molecule has 2 aliphatic rings. The highest BCUT2D eigenvalue weighted by Crippen LogP contribution is 2.25. The van der Waals surface area contributed by atoms with Gasteiger partial charge in [-0.3, -0.25) is 4.31 Å². The highest BCUT2D eigenvalue weighted by molar-refractivity contribution is 7.92. The fraction of sp³-hybridized carbons (Fsp3) is 0.625. The lowest BCUT2D eigenvalue weighted by atomic mass is 9.96. The zero-order valence-corrected chi connectivity index (χ0v) is 15.3. The second-order valence-electron chi connectivity index (χ2n) is 6.55. The van der Waals surface area contributed by atoms with Gasteiger partial charge in [-0.2, -0.15) is 0 Å². The van der Waals surface area contributed by atoms with Gasteiger partial charge in [0.1, 0.15) is 0 Å². The third-order valence-corrected chi connectivity index (χ3v) is 8.12. The molecule has 8 heteroatoms. The Morgan fingerprint density at radius 1 is 0.958 bits per heavy atom. The highest BCUT2D eigenvalue weighted by atomic mass is 32.2. The van der Waals surface area contributed by atoms with Crippen LogP contribution in [0.2, 0.25) is 0 Å². The van der Waals surface area contributed by atoms with Gasteiger partial charge in [0, 0.05) is 12.6 Å². The Hall–Kier alpha value is -1.12. The Morgan fingerprint density at radius 3 is 2.25 bits per heavy atom. The number of hydrogen-bond acceptors (Lipinski definition) is 4. The molecular formula is C16H24N2O4S2. The number of hydrogen-bond donors (Lipinski definition) is 1. The molecule has 24 heavy (non-hydrogen) atoms. The van der Waals surface area contributed by atoms with Gasteiger partial charge in [0.05, 0.1) is 16.3 Å². The molecule has 1 aliphatic carbocycles. The first-order valence-electron chi connectivity index (χ1n) is 8.51. The van der Waals surface area contributed by atoms with Crippen LogP contribution in [0, 0.1) is 0 Å². The van der Waals surface area contributed by atoms with Crippen LogP contribution < -0.4 is 9.03 Å². The molecule has 1 saturated carbocycles. The van der Waals surface area contributed by atoms with Crippen molar-refractivity contribution in [2.45, 2.75) is 55.9 Å². The minimum Gasteiger partial charge on any atom is -0.270 e. The summed E-state index contributed by atoms with van der Waals surface area (Å²) < 4.78 is 53.3.